The Morgan fingerprint density at radius 1 is 0.947 bits per heavy atom. The number of aromatic nitrogens is 1. The lowest BCUT2D eigenvalue weighted by atomic mass is 9.87. The number of aryl methyl sites for hydroxylation is 1. The van der Waals surface area contributed by atoms with Crippen LogP contribution in [-0.4, -0.2) is 0 Å². The van der Waals surface area contributed by atoms with E-state index in [0.29, 0.717) is 22.3 Å². The molecule has 0 aliphatic heterocycles. The quantitative estimate of drug-likeness (QED) is 0.223. The number of nitriles is 1. The molecule has 0 N–H and O–H groups in total. The second kappa shape index (κ2) is 8.53. The van der Waals surface area contributed by atoms with Gasteiger partial charge in [-0.15, -0.1) is 0 Å². The van der Waals surface area contributed by atoms with Gasteiger partial charge in [-0.2, -0.15) is 5.26 Å². The van der Waals surface area contributed by atoms with Crippen LogP contribution in [0.4, 0.5) is 4.39 Å². The Morgan fingerprint density at radius 2 is 1.71 bits per heavy atom. The Balaban J connectivity index is 1.71. The molecule has 0 atom stereocenters. The molecule has 0 amide bonds. The van der Waals surface area contributed by atoms with Crippen molar-refractivity contribution in [1.82, 2.24) is 0 Å². The highest BCUT2D eigenvalue weighted by Crippen LogP contribution is 2.42. The van der Waals surface area contributed by atoms with Crippen molar-refractivity contribution in [2.45, 2.75) is 33.1 Å². The average molecular weight is 502 g/mol. The van der Waals surface area contributed by atoms with Gasteiger partial charge in [0, 0.05) is 22.4 Å². The molecule has 4 heteroatoms. The number of fused-ring (bicyclic) bond motifs is 4. The highest BCUT2D eigenvalue weighted by Gasteiger charge is 2.28. The van der Waals surface area contributed by atoms with Crippen LogP contribution in [0.15, 0.2) is 83.4 Å². The molecule has 38 heavy (non-hydrogen) atoms. The van der Waals surface area contributed by atoms with Crippen LogP contribution in [0.2, 0.25) is 0 Å². The minimum absolute atomic E-state index is 0.0205. The summed E-state index contributed by atoms with van der Waals surface area (Å²) in [6, 6.07) is 23.8. The molecule has 0 fully saturated rings. The van der Waals surface area contributed by atoms with Crippen LogP contribution in [0.25, 0.3) is 55.1 Å². The smallest absolute Gasteiger partial charge is 0.219 e. The highest BCUT2D eigenvalue weighted by atomic mass is 19.1. The second-order valence-electron chi connectivity index (χ2n) is 10.9. The van der Waals surface area contributed by atoms with Crippen molar-refractivity contribution >= 4 is 32.7 Å². The predicted molar refractivity (Wildman–Crippen MR) is 151 cm³/mol. The van der Waals surface area contributed by atoms with E-state index < -0.39 is 11.2 Å². The fraction of sp³-hybridized carbons (Fsp3) is 0.176. The molecule has 0 radical (unpaired) electrons. The van der Waals surface area contributed by atoms with E-state index in [1.165, 1.54) is 0 Å². The largest absolute Gasteiger partial charge is 0.454 e. The van der Waals surface area contributed by atoms with Crippen molar-refractivity contribution < 1.29 is 16.1 Å². The second-order valence-corrected chi connectivity index (χ2v) is 10.9. The van der Waals surface area contributed by atoms with Crippen LogP contribution >= 0.6 is 0 Å². The van der Waals surface area contributed by atoms with Crippen LogP contribution in [0.3, 0.4) is 0 Å². The molecule has 0 saturated carbocycles. The van der Waals surface area contributed by atoms with Gasteiger partial charge < -0.3 is 4.42 Å². The third-order valence-corrected chi connectivity index (χ3v) is 7.19. The summed E-state index contributed by atoms with van der Waals surface area (Å²) in [5, 5.41) is 13.6. The Kier molecular flexibility index (Phi) is 4.85. The summed E-state index contributed by atoms with van der Waals surface area (Å²) in [5.74, 6) is -0.693. The lowest BCUT2D eigenvalue weighted by Gasteiger charge is -2.18. The van der Waals surface area contributed by atoms with Gasteiger partial charge in [-0.1, -0.05) is 69.3 Å². The number of nitrogens with zero attached hydrogens (tertiary/aromatic N) is 2. The van der Waals surface area contributed by atoms with Gasteiger partial charge in [-0.25, -0.2) is 8.96 Å². The topological polar surface area (TPSA) is 40.8 Å². The van der Waals surface area contributed by atoms with Gasteiger partial charge in [0.15, 0.2) is 6.17 Å². The molecular formula is C34H28FN2O+. The fourth-order valence-electron chi connectivity index (χ4n) is 5.22. The van der Waals surface area contributed by atoms with Gasteiger partial charge in [0.05, 0.1) is 24.1 Å². The van der Waals surface area contributed by atoms with Crippen LogP contribution in [0.5, 0.6) is 0 Å². The van der Waals surface area contributed by atoms with Crippen LogP contribution < -0.4 is 4.57 Å². The van der Waals surface area contributed by atoms with Gasteiger partial charge in [0.1, 0.15) is 25.4 Å². The summed E-state index contributed by atoms with van der Waals surface area (Å²) in [6.07, 6.45) is 0.0205. The van der Waals surface area contributed by atoms with Gasteiger partial charge in [-0.3, -0.25) is 0 Å². The van der Waals surface area contributed by atoms with Gasteiger partial charge >= 0.3 is 0 Å². The number of benzene rings is 4. The number of rotatable bonds is 2. The Morgan fingerprint density at radius 3 is 2.45 bits per heavy atom. The van der Waals surface area contributed by atoms with E-state index in [-0.39, 0.29) is 23.5 Å². The van der Waals surface area contributed by atoms with Crippen LogP contribution in [-0.2, 0) is 12.5 Å². The third kappa shape index (κ3) is 3.74. The monoisotopic (exact) mass is 501 g/mol. The first-order valence-corrected chi connectivity index (χ1v) is 12.6. The average Bonchev–Trinajstić information content (AvgIpc) is 3.30. The maximum atomic E-state index is 15.7. The summed E-state index contributed by atoms with van der Waals surface area (Å²) < 4.78 is 41.6. The van der Waals surface area contributed by atoms with Crippen molar-refractivity contribution in [2.24, 2.45) is 7.05 Å². The zero-order valence-electron chi connectivity index (χ0n) is 24.0. The van der Waals surface area contributed by atoms with Crippen molar-refractivity contribution in [3.05, 3.63) is 101 Å². The van der Waals surface area contributed by atoms with E-state index in [0.717, 1.165) is 38.2 Å². The van der Waals surface area contributed by atoms with Crippen molar-refractivity contribution in [3.63, 3.8) is 0 Å². The van der Waals surface area contributed by atoms with Crippen LogP contribution in [0.1, 0.15) is 40.2 Å². The number of hydrogen-bond acceptors (Lipinski definition) is 2. The molecule has 0 bridgehead atoms. The minimum Gasteiger partial charge on any atom is -0.454 e. The molecule has 2 aromatic heterocycles. The van der Waals surface area contributed by atoms with Crippen LogP contribution in [0, 0.1) is 24.1 Å². The minimum atomic E-state index is -0.693. The predicted octanol–water partition coefficient (Wildman–Crippen LogP) is 8.51. The fourth-order valence-corrected chi connectivity index (χ4v) is 5.22. The van der Waals surface area contributed by atoms with E-state index in [9.17, 15) is 5.26 Å². The standard InChI is InChI=1S/C34H28FN2O/c1-20-10-13-25-27-15-21(18-36)14-26(24-12-11-22-8-6-7-9-23(22)16-24)32(27)38-33(25)31(20)30-17-29(35)28(19-37(30)5)34(2,3)4/h6-17,19H,1-5H3/q+1/i17D,19D. The number of pyridine rings is 1. The molecular weight excluding hydrogens is 471 g/mol. The molecule has 6 aromatic rings. The summed E-state index contributed by atoms with van der Waals surface area (Å²) in [4.78, 5) is 0. The molecule has 6 rings (SSSR count). The molecule has 0 unspecified atom stereocenters. The first kappa shape index (κ1) is 21.6. The molecule has 4 aromatic carbocycles. The van der Waals surface area contributed by atoms with E-state index in [1.807, 2.05) is 76.2 Å². The van der Waals surface area contributed by atoms with E-state index in [4.69, 9.17) is 7.16 Å². The molecule has 0 saturated heterocycles. The van der Waals surface area contributed by atoms with Gasteiger partial charge in [0.2, 0.25) is 5.69 Å². The summed E-state index contributed by atoms with van der Waals surface area (Å²) in [6.45, 7) is 7.42. The summed E-state index contributed by atoms with van der Waals surface area (Å²) in [7, 11) is 1.69. The zero-order valence-corrected chi connectivity index (χ0v) is 22.0. The normalized spacial score (nSPS) is 12.7. The van der Waals surface area contributed by atoms with E-state index in [2.05, 4.69) is 24.3 Å². The Hall–Kier alpha value is -4.49. The first-order valence-electron chi connectivity index (χ1n) is 13.6. The van der Waals surface area contributed by atoms with Crippen molar-refractivity contribution in [3.8, 4) is 28.5 Å². The lowest BCUT2D eigenvalue weighted by molar-refractivity contribution is -0.661. The molecule has 186 valence electrons. The Bertz CT molecular complexity index is 2030. The number of furan rings is 1. The number of halogens is 1. The van der Waals surface area contributed by atoms with Gasteiger partial charge in [0.25, 0.3) is 0 Å². The lowest BCUT2D eigenvalue weighted by Crippen LogP contribution is -2.34. The maximum Gasteiger partial charge on any atom is 0.219 e. The molecule has 3 nitrogen and oxygen atoms in total. The number of hydrogen-bond donors (Lipinski definition) is 0. The highest BCUT2D eigenvalue weighted by molar-refractivity contribution is 6.14. The van der Waals surface area contributed by atoms with Crippen molar-refractivity contribution in [1.29, 1.82) is 5.26 Å². The molecule has 2 heterocycles. The SMILES string of the molecule is [2H]c1c(F)c(C(C)(C)C)c([2H])[n+](C)c1-c1c(C)ccc2c1oc1c(-c3ccc4ccccc4c3)cc(C#N)cc12. The van der Waals surface area contributed by atoms with Gasteiger partial charge in [-0.05, 0) is 52.4 Å². The summed E-state index contributed by atoms with van der Waals surface area (Å²) >= 11 is 0. The first-order chi connectivity index (χ1) is 19.0. The zero-order chi connectivity index (χ0) is 28.5. The maximum absolute atomic E-state index is 15.7. The molecule has 0 aliphatic rings. The third-order valence-electron chi connectivity index (χ3n) is 7.19. The molecule has 0 spiro atoms. The van der Waals surface area contributed by atoms with E-state index in [1.54, 1.807) is 11.6 Å². The van der Waals surface area contributed by atoms with E-state index >= 15 is 4.39 Å². The Labute approximate surface area is 224 Å². The summed E-state index contributed by atoms with van der Waals surface area (Å²) in [5.41, 5.74) is 4.52. The molecule has 0 aliphatic carbocycles. The van der Waals surface area contributed by atoms with Crippen molar-refractivity contribution in [2.75, 3.05) is 0 Å².